The maximum absolute atomic E-state index is 12.6. The van der Waals surface area contributed by atoms with E-state index in [1.54, 1.807) is 66.7 Å². The third-order valence-corrected chi connectivity index (χ3v) is 5.61. The normalized spacial score (nSPS) is 10.6. The first-order valence-corrected chi connectivity index (χ1v) is 10.8. The average Bonchev–Trinajstić information content (AvgIpc) is 3.22. The molecule has 0 saturated heterocycles. The molecule has 1 heterocycles. The smallest absolute Gasteiger partial charge is 0.275 e. The molecule has 1 aromatic heterocycles. The van der Waals surface area contributed by atoms with Gasteiger partial charge in [0.1, 0.15) is 0 Å². The summed E-state index contributed by atoms with van der Waals surface area (Å²) in [5, 5.41) is 14.4. The van der Waals surface area contributed by atoms with E-state index in [4.69, 9.17) is 34.7 Å². The second-order valence-corrected chi connectivity index (χ2v) is 8.06. The quantitative estimate of drug-likeness (QED) is 0.298. The highest BCUT2D eigenvalue weighted by Gasteiger charge is 2.17. The van der Waals surface area contributed by atoms with Crippen LogP contribution in [0, 0.1) is 0 Å². The van der Waals surface area contributed by atoms with Crippen molar-refractivity contribution in [3.63, 3.8) is 0 Å². The monoisotopic (exact) mass is 495 g/mol. The maximum Gasteiger partial charge on any atom is 0.275 e. The van der Waals surface area contributed by atoms with Crippen LogP contribution in [0.15, 0.2) is 66.7 Å². The molecule has 11 heteroatoms. The molecule has 0 aliphatic heterocycles. The van der Waals surface area contributed by atoms with Gasteiger partial charge in [-0.3, -0.25) is 9.59 Å². The zero-order valence-electron chi connectivity index (χ0n) is 17.6. The van der Waals surface area contributed by atoms with Crippen molar-refractivity contribution in [2.24, 2.45) is 0 Å². The van der Waals surface area contributed by atoms with Crippen molar-refractivity contribution in [3.8, 4) is 5.69 Å². The van der Waals surface area contributed by atoms with Crippen molar-refractivity contribution in [2.75, 3.05) is 16.8 Å². The minimum absolute atomic E-state index is 0.0254. The van der Waals surface area contributed by atoms with Crippen LogP contribution in [0.3, 0.4) is 0 Å². The number of aromatic nitrogens is 3. The number of nitrogens with two attached hydrogens (primary N) is 2. The summed E-state index contributed by atoms with van der Waals surface area (Å²) in [6.07, 6.45) is 0. The number of halogens is 2. The van der Waals surface area contributed by atoms with Gasteiger partial charge in [-0.1, -0.05) is 47.5 Å². The van der Waals surface area contributed by atoms with Crippen LogP contribution < -0.4 is 22.1 Å². The summed E-state index contributed by atoms with van der Waals surface area (Å²) in [5.74, 6) is -0.818. The molecule has 0 spiro atoms. The molecule has 3 aromatic carbocycles. The van der Waals surface area contributed by atoms with Gasteiger partial charge >= 0.3 is 0 Å². The lowest BCUT2D eigenvalue weighted by atomic mass is 10.1. The molecule has 0 aliphatic rings. The van der Waals surface area contributed by atoms with E-state index in [9.17, 15) is 9.59 Å². The van der Waals surface area contributed by atoms with E-state index in [0.717, 1.165) is 5.56 Å². The molecule has 9 nitrogen and oxygen atoms in total. The van der Waals surface area contributed by atoms with Gasteiger partial charge in [-0.05, 0) is 48.0 Å². The van der Waals surface area contributed by atoms with Crippen LogP contribution in [0.2, 0.25) is 10.0 Å². The molecular formula is C23H19Cl2N7O2. The Labute approximate surface area is 204 Å². The number of nitrogens with zero attached hydrogens (tertiary/aromatic N) is 3. The fourth-order valence-corrected chi connectivity index (χ4v) is 3.34. The Morgan fingerprint density at radius 2 is 1.62 bits per heavy atom. The average molecular weight is 496 g/mol. The standard InChI is InChI=1S/C23H19Cl2N7O2/c24-16-10-9-15(11-17(16)25)32-30-20(21(27)31-32)23(34)28-12-13-5-7-14(8-6-13)22(33)29-19-4-2-1-3-18(19)26/h1-11H,12,26H2,(H2,27,31)(H,28,34)(H,29,33). The zero-order valence-corrected chi connectivity index (χ0v) is 19.1. The summed E-state index contributed by atoms with van der Waals surface area (Å²) >= 11 is 12.0. The number of carbonyl (C=O) groups excluding carboxylic acids is 2. The van der Waals surface area contributed by atoms with Gasteiger partial charge in [-0.25, -0.2) is 0 Å². The van der Waals surface area contributed by atoms with Crippen molar-refractivity contribution in [2.45, 2.75) is 6.54 Å². The van der Waals surface area contributed by atoms with Gasteiger partial charge < -0.3 is 22.1 Å². The molecule has 4 aromatic rings. The Kier molecular flexibility index (Phi) is 6.67. The number of carbonyl (C=O) groups is 2. The van der Waals surface area contributed by atoms with Gasteiger partial charge in [0.15, 0.2) is 11.5 Å². The van der Waals surface area contributed by atoms with Gasteiger partial charge in [-0.15, -0.1) is 15.0 Å². The number of anilines is 3. The van der Waals surface area contributed by atoms with E-state index in [0.29, 0.717) is 32.7 Å². The zero-order chi connectivity index (χ0) is 24.2. The number of benzene rings is 3. The highest BCUT2D eigenvalue weighted by Crippen LogP contribution is 2.24. The van der Waals surface area contributed by atoms with Crippen LogP contribution in [0.25, 0.3) is 5.69 Å². The highest BCUT2D eigenvalue weighted by atomic mass is 35.5. The minimum Gasteiger partial charge on any atom is -0.397 e. The highest BCUT2D eigenvalue weighted by molar-refractivity contribution is 6.42. The molecule has 172 valence electrons. The first kappa shape index (κ1) is 23.1. The first-order chi connectivity index (χ1) is 16.3. The van der Waals surface area contributed by atoms with E-state index >= 15 is 0 Å². The predicted molar refractivity (Wildman–Crippen MR) is 132 cm³/mol. The molecule has 2 amide bonds. The van der Waals surface area contributed by atoms with E-state index in [1.165, 1.54) is 4.80 Å². The Bertz CT molecular complexity index is 1370. The van der Waals surface area contributed by atoms with E-state index in [2.05, 4.69) is 20.8 Å². The van der Waals surface area contributed by atoms with Crippen LogP contribution >= 0.6 is 23.2 Å². The predicted octanol–water partition coefficient (Wildman–Crippen LogP) is 3.92. The SMILES string of the molecule is Nc1ccccc1NC(=O)c1ccc(CNC(=O)c2nn(-c3ccc(Cl)c(Cl)c3)nc2N)cc1. The fourth-order valence-electron chi connectivity index (χ4n) is 3.05. The topological polar surface area (TPSA) is 141 Å². The van der Waals surface area contributed by atoms with Crippen LogP contribution in [0.4, 0.5) is 17.2 Å². The third kappa shape index (κ3) is 5.11. The largest absolute Gasteiger partial charge is 0.397 e. The van der Waals surface area contributed by atoms with E-state index < -0.39 is 5.91 Å². The fraction of sp³-hybridized carbons (Fsp3) is 0.0435. The summed E-state index contributed by atoms with van der Waals surface area (Å²) in [4.78, 5) is 26.2. The molecule has 0 radical (unpaired) electrons. The van der Waals surface area contributed by atoms with Crippen LogP contribution in [-0.4, -0.2) is 26.8 Å². The number of hydrogen-bond donors (Lipinski definition) is 4. The number of hydrogen-bond acceptors (Lipinski definition) is 6. The van der Waals surface area contributed by atoms with E-state index in [1.807, 2.05) is 0 Å². The van der Waals surface area contributed by atoms with Crippen LogP contribution in [-0.2, 0) is 6.54 Å². The molecule has 0 atom stereocenters. The number of para-hydroxylation sites is 2. The van der Waals surface area contributed by atoms with Crippen molar-refractivity contribution in [1.82, 2.24) is 20.3 Å². The number of nitrogen functional groups attached to an aromatic ring is 2. The van der Waals surface area contributed by atoms with Gasteiger partial charge in [0.05, 0.1) is 27.1 Å². The lowest BCUT2D eigenvalue weighted by molar-refractivity contribution is 0.0945. The van der Waals surface area contributed by atoms with E-state index in [-0.39, 0.29) is 24.0 Å². The molecule has 0 bridgehead atoms. The number of amides is 2. The number of rotatable bonds is 6. The summed E-state index contributed by atoms with van der Waals surface area (Å²) in [6.45, 7) is 0.200. The van der Waals surface area contributed by atoms with Crippen molar-refractivity contribution in [1.29, 1.82) is 0 Å². The summed E-state index contributed by atoms with van der Waals surface area (Å²) < 4.78 is 0. The molecule has 0 saturated carbocycles. The maximum atomic E-state index is 12.6. The second kappa shape index (κ2) is 9.82. The molecule has 0 aliphatic carbocycles. The van der Waals surface area contributed by atoms with Crippen molar-refractivity contribution < 1.29 is 9.59 Å². The van der Waals surface area contributed by atoms with Gasteiger partial charge in [-0.2, -0.15) is 0 Å². The van der Waals surface area contributed by atoms with Gasteiger partial charge in [0, 0.05) is 12.1 Å². The molecule has 4 rings (SSSR count). The summed E-state index contributed by atoms with van der Waals surface area (Å²) in [5.41, 5.74) is 14.5. The Hall–Kier alpha value is -4.08. The molecular weight excluding hydrogens is 477 g/mol. The molecule has 34 heavy (non-hydrogen) atoms. The van der Waals surface area contributed by atoms with Crippen molar-refractivity contribution in [3.05, 3.63) is 93.6 Å². The minimum atomic E-state index is -0.495. The van der Waals surface area contributed by atoms with Crippen LogP contribution in [0.1, 0.15) is 26.4 Å². The van der Waals surface area contributed by atoms with Gasteiger partial charge in [0.2, 0.25) is 0 Å². The summed E-state index contributed by atoms with van der Waals surface area (Å²) in [7, 11) is 0. The summed E-state index contributed by atoms with van der Waals surface area (Å²) in [6, 6.07) is 18.6. The number of nitrogens with one attached hydrogen (secondary N) is 2. The molecule has 0 fully saturated rings. The lowest BCUT2D eigenvalue weighted by Crippen LogP contribution is -2.24. The lowest BCUT2D eigenvalue weighted by Gasteiger charge is -2.09. The first-order valence-electron chi connectivity index (χ1n) is 10.0. The van der Waals surface area contributed by atoms with Crippen molar-refractivity contribution >= 4 is 52.2 Å². The molecule has 6 N–H and O–H groups in total. The third-order valence-electron chi connectivity index (χ3n) is 4.87. The van der Waals surface area contributed by atoms with Crippen LogP contribution in [0.5, 0.6) is 0 Å². The molecule has 0 unspecified atom stereocenters. The Morgan fingerprint density at radius 1 is 0.882 bits per heavy atom. The Morgan fingerprint density at radius 3 is 2.32 bits per heavy atom. The Balaban J connectivity index is 1.38. The second-order valence-electron chi connectivity index (χ2n) is 7.24. The van der Waals surface area contributed by atoms with Gasteiger partial charge in [0.25, 0.3) is 11.8 Å².